The molecule has 4 rings (SSSR count). The summed E-state index contributed by atoms with van der Waals surface area (Å²) < 4.78 is 34.7. The van der Waals surface area contributed by atoms with Gasteiger partial charge in [-0.15, -0.1) is 12.4 Å². The third kappa shape index (κ3) is 7.18. The predicted octanol–water partition coefficient (Wildman–Crippen LogP) is 1.84. The molecule has 0 spiro atoms. The van der Waals surface area contributed by atoms with Crippen molar-refractivity contribution >= 4 is 51.1 Å². The number of carbonyl (C=O) groups is 3. The Morgan fingerprint density at radius 3 is 2.41 bits per heavy atom. The molecule has 1 saturated heterocycles. The zero-order chi connectivity index (χ0) is 27.3. The number of primary amides is 1. The number of halogens is 1. The second kappa shape index (κ2) is 12.9. The van der Waals surface area contributed by atoms with Crippen LogP contribution in [-0.2, 0) is 24.3 Å². The second-order valence-corrected chi connectivity index (χ2v) is 11.7. The molecule has 2 aliphatic rings. The Morgan fingerprint density at radius 2 is 1.74 bits per heavy atom. The number of benzene rings is 2. The van der Waals surface area contributed by atoms with Gasteiger partial charge in [0.1, 0.15) is 5.54 Å². The van der Waals surface area contributed by atoms with Crippen molar-refractivity contribution in [3.05, 3.63) is 42.5 Å². The minimum absolute atomic E-state index is 0. The Bertz CT molecular complexity index is 1300. The van der Waals surface area contributed by atoms with Gasteiger partial charge >= 0.3 is 6.09 Å². The fourth-order valence-corrected chi connectivity index (χ4v) is 6.69. The summed E-state index contributed by atoms with van der Waals surface area (Å²) in [4.78, 5) is 39.6. The summed E-state index contributed by atoms with van der Waals surface area (Å²) in [5, 5.41) is 4.03. The van der Waals surface area contributed by atoms with E-state index in [0.29, 0.717) is 37.9 Å². The van der Waals surface area contributed by atoms with E-state index >= 15 is 0 Å². The summed E-state index contributed by atoms with van der Waals surface area (Å²) in [6, 6.07) is 11.9. The maximum Gasteiger partial charge on any atom is 0.411 e. The van der Waals surface area contributed by atoms with Crippen molar-refractivity contribution in [3.63, 3.8) is 0 Å². The first-order chi connectivity index (χ1) is 18.2. The fourth-order valence-electron chi connectivity index (χ4n) is 5.24. The van der Waals surface area contributed by atoms with Crippen molar-refractivity contribution in [1.82, 2.24) is 14.9 Å². The molecule has 1 heterocycles. The van der Waals surface area contributed by atoms with E-state index in [4.69, 9.17) is 16.2 Å². The topological polar surface area (TPSA) is 174 Å². The lowest BCUT2D eigenvalue weighted by Crippen LogP contribution is -2.61. The van der Waals surface area contributed by atoms with E-state index in [2.05, 4.69) is 10.0 Å². The van der Waals surface area contributed by atoms with Gasteiger partial charge < -0.3 is 26.4 Å². The molecule has 1 aliphatic heterocycles. The molecular weight excluding hydrogens is 546 g/mol. The first-order valence-corrected chi connectivity index (χ1v) is 14.4. The summed E-state index contributed by atoms with van der Waals surface area (Å²) in [7, 11) is -4.25. The Labute approximate surface area is 234 Å². The van der Waals surface area contributed by atoms with E-state index in [1.54, 1.807) is 23.1 Å². The van der Waals surface area contributed by atoms with E-state index in [1.807, 2.05) is 12.1 Å². The van der Waals surface area contributed by atoms with Gasteiger partial charge in [0.2, 0.25) is 21.8 Å². The van der Waals surface area contributed by atoms with Gasteiger partial charge in [-0.05, 0) is 73.4 Å². The predicted molar refractivity (Wildman–Crippen MR) is 148 cm³/mol. The highest BCUT2D eigenvalue weighted by atomic mass is 35.5. The van der Waals surface area contributed by atoms with Crippen LogP contribution in [0.5, 0.6) is 0 Å². The van der Waals surface area contributed by atoms with Crippen molar-refractivity contribution in [2.24, 2.45) is 23.3 Å². The highest BCUT2D eigenvalue weighted by Crippen LogP contribution is 2.50. The van der Waals surface area contributed by atoms with Gasteiger partial charge in [-0.3, -0.25) is 9.59 Å². The van der Waals surface area contributed by atoms with Crippen molar-refractivity contribution < 1.29 is 27.5 Å². The van der Waals surface area contributed by atoms with Crippen molar-refractivity contribution in [2.75, 3.05) is 26.4 Å². The van der Waals surface area contributed by atoms with Gasteiger partial charge in [0, 0.05) is 13.1 Å². The van der Waals surface area contributed by atoms with E-state index in [0.717, 1.165) is 24.6 Å². The molecule has 11 nitrogen and oxygen atoms in total. The lowest BCUT2D eigenvalue weighted by molar-refractivity contribution is -0.131. The van der Waals surface area contributed by atoms with E-state index in [9.17, 15) is 22.8 Å². The summed E-state index contributed by atoms with van der Waals surface area (Å²) >= 11 is 0. The molecule has 0 radical (unpaired) electrons. The van der Waals surface area contributed by atoms with E-state index in [1.165, 1.54) is 12.1 Å². The first kappa shape index (κ1) is 30.6. The smallest absolute Gasteiger partial charge is 0.411 e. The van der Waals surface area contributed by atoms with Gasteiger partial charge in [0.25, 0.3) is 0 Å². The highest BCUT2D eigenvalue weighted by Gasteiger charge is 2.58. The van der Waals surface area contributed by atoms with Crippen molar-refractivity contribution in [2.45, 2.75) is 49.0 Å². The number of nitrogens with zero attached hydrogens (tertiary/aromatic N) is 1. The van der Waals surface area contributed by atoms with Crippen LogP contribution in [0, 0.1) is 11.8 Å². The molecule has 39 heavy (non-hydrogen) atoms. The van der Waals surface area contributed by atoms with Gasteiger partial charge in [0.05, 0.1) is 11.3 Å². The Balaban J connectivity index is 0.00000420. The highest BCUT2D eigenvalue weighted by molar-refractivity contribution is 7.89. The molecule has 3 atom stereocenters. The molecule has 2 aromatic rings. The number of fused-ring (bicyclic) bond motifs is 1. The number of hydrogen-bond acceptors (Lipinski definition) is 7. The van der Waals surface area contributed by atoms with Gasteiger partial charge in [0.15, 0.2) is 6.73 Å². The average Bonchev–Trinajstić information content (AvgIpc) is 3.68. The van der Waals surface area contributed by atoms with Crippen LogP contribution in [0.1, 0.15) is 38.5 Å². The third-order valence-corrected chi connectivity index (χ3v) is 8.91. The second-order valence-electron chi connectivity index (χ2n) is 10.0. The Hall–Kier alpha value is -2.93. The number of likely N-dealkylation sites (tertiary alicyclic amines) is 1. The SMILES string of the molecule is Cl.NCCC1CC1[C@](CC(=O)NCOC(=O)N1CCCCC1)(NS(=O)(=O)c1ccc2ccccc2c1)C(N)=O. The minimum Gasteiger partial charge on any atom is -0.428 e. The van der Waals surface area contributed by atoms with Crippen molar-refractivity contribution in [1.29, 1.82) is 0 Å². The molecular formula is C26H36ClN5O6S. The number of nitrogens with one attached hydrogen (secondary N) is 2. The number of hydrogen-bond donors (Lipinski definition) is 4. The van der Waals surface area contributed by atoms with Gasteiger partial charge in [-0.25, -0.2) is 13.2 Å². The lowest BCUT2D eigenvalue weighted by atomic mass is 9.87. The standard InChI is InChI=1S/C26H35N5O6S.ClH/c27-11-10-20-15-22(20)26(24(28)33,16-23(32)29-17-37-25(34)31-12-4-1-5-13-31)30-38(35,36)21-9-8-18-6-2-3-7-19(18)14-21;/h2-3,6-9,14,20,22,30H,1,4-5,10-13,15-17,27H2,(H2,28,33)(H,29,32);1H/t20?,22?,26-;/m0./s1. The maximum atomic E-state index is 13.5. The molecule has 2 unspecified atom stereocenters. The molecule has 3 amide bonds. The molecule has 2 aromatic carbocycles. The first-order valence-electron chi connectivity index (χ1n) is 12.9. The van der Waals surface area contributed by atoms with Crippen molar-refractivity contribution in [3.8, 4) is 0 Å². The average molecular weight is 582 g/mol. The third-order valence-electron chi connectivity index (χ3n) is 7.40. The summed E-state index contributed by atoms with van der Waals surface area (Å²) in [5.41, 5.74) is 9.62. The molecule has 2 fully saturated rings. The quantitative estimate of drug-likeness (QED) is 0.293. The number of sulfonamides is 1. The zero-order valence-electron chi connectivity index (χ0n) is 21.6. The number of nitrogens with two attached hydrogens (primary N) is 2. The van der Waals surface area contributed by atoms with Crippen LogP contribution in [0.2, 0.25) is 0 Å². The largest absolute Gasteiger partial charge is 0.428 e. The van der Waals surface area contributed by atoms with Gasteiger partial charge in [-0.1, -0.05) is 30.3 Å². The lowest BCUT2D eigenvalue weighted by Gasteiger charge is -2.32. The molecule has 13 heteroatoms. The number of amides is 3. The Morgan fingerprint density at radius 1 is 1.05 bits per heavy atom. The van der Waals surface area contributed by atoms with Crippen LogP contribution < -0.4 is 21.5 Å². The fraction of sp³-hybridized carbons (Fsp3) is 0.500. The summed E-state index contributed by atoms with van der Waals surface area (Å²) in [6.07, 6.45) is 2.83. The number of piperidine rings is 1. The molecule has 1 aliphatic carbocycles. The monoisotopic (exact) mass is 581 g/mol. The maximum absolute atomic E-state index is 13.5. The molecule has 1 saturated carbocycles. The van der Waals surface area contributed by atoms with E-state index < -0.39 is 52.5 Å². The Kier molecular flexibility index (Phi) is 10.2. The molecule has 214 valence electrons. The molecule has 6 N–H and O–H groups in total. The van der Waals surface area contributed by atoms with E-state index in [-0.39, 0.29) is 23.2 Å². The summed E-state index contributed by atoms with van der Waals surface area (Å²) in [6.45, 7) is 1.14. The number of rotatable bonds is 11. The minimum atomic E-state index is -4.25. The van der Waals surface area contributed by atoms with Crippen LogP contribution in [-0.4, -0.2) is 63.1 Å². The number of carbonyl (C=O) groups excluding carboxylic acids is 3. The summed E-state index contributed by atoms with van der Waals surface area (Å²) in [5.74, 6) is -2.18. The van der Waals surface area contributed by atoms with Crippen LogP contribution >= 0.6 is 12.4 Å². The van der Waals surface area contributed by atoms with Crippen LogP contribution in [0.3, 0.4) is 0 Å². The number of ether oxygens (including phenoxy) is 1. The van der Waals surface area contributed by atoms with Crippen LogP contribution in [0.4, 0.5) is 4.79 Å². The van der Waals surface area contributed by atoms with Crippen LogP contribution in [0.15, 0.2) is 47.4 Å². The zero-order valence-corrected chi connectivity index (χ0v) is 23.3. The van der Waals surface area contributed by atoms with Gasteiger partial charge in [-0.2, -0.15) is 4.72 Å². The molecule has 0 aromatic heterocycles. The molecule has 0 bridgehead atoms. The normalized spacial score (nSPS) is 20.4. The van der Waals surface area contributed by atoms with Crippen LogP contribution in [0.25, 0.3) is 10.8 Å².